The number of hydrogen-bond acceptors (Lipinski definition) is 3. The summed E-state index contributed by atoms with van der Waals surface area (Å²) < 4.78 is 8.34. The fourth-order valence-electron chi connectivity index (χ4n) is 2.81. The summed E-state index contributed by atoms with van der Waals surface area (Å²) in [6.45, 7) is 1.43. The van der Waals surface area contributed by atoms with E-state index in [2.05, 4.69) is 34.1 Å². The van der Waals surface area contributed by atoms with E-state index in [4.69, 9.17) is 4.74 Å². The molecule has 0 saturated heterocycles. The number of methoxy groups -OCH3 is 1. The molecule has 3 aromatic rings. The lowest BCUT2D eigenvalue weighted by atomic mass is 10.2. The lowest BCUT2D eigenvalue weighted by molar-refractivity contribution is -0.917. The van der Waals surface area contributed by atoms with E-state index in [0.717, 1.165) is 27.8 Å². The van der Waals surface area contributed by atoms with E-state index in [9.17, 15) is 4.79 Å². The Morgan fingerprint density at radius 1 is 1.25 bits per heavy atom. The SMILES string of the molecule is COc1ccc(Br)cc1C[NH+](C)Cn1ncc(=O)c2ccccc21. The molecule has 3 rings (SSSR count). The molecule has 1 atom stereocenters. The summed E-state index contributed by atoms with van der Waals surface area (Å²) in [5.74, 6) is 0.871. The number of ether oxygens (including phenoxy) is 1. The molecule has 1 aromatic heterocycles. The van der Waals surface area contributed by atoms with Crippen molar-refractivity contribution < 1.29 is 9.64 Å². The highest BCUT2D eigenvalue weighted by molar-refractivity contribution is 9.10. The Hall–Kier alpha value is -2.18. The second-order valence-corrected chi connectivity index (χ2v) is 6.69. The van der Waals surface area contributed by atoms with Gasteiger partial charge in [0.25, 0.3) is 0 Å². The van der Waals surface area contributed by atoms with Crippen molar-refractivity contribution in [1.29, 1.82) is 0 Å². The fourth-order valence-corrected chi connectivity index (χ4v) is 3.22. The number of fused-ring (bicyclic) bond motifs is 1. The van der Waals surface area contributed by atoms with Gasteiger partial charge < -0.3 is 9.64 Å². The van der Waals surface area contributed by atoms with Gasteiger partial charge in [0.1, 0.15) is 12.3 Å². The van der Waals surface area contributed by atoms with Crippen molar-refractivity contribution in [2.75, 3.05) is 14.2 Å². The van der Waals surface area contributed by atoms with Crippen LogP contribution < -0.4 is 15.1 Å². The van der Waals surface area contributed by atoms with Crippen LogP contribution in [0.3, 0.4) is 0 Å². The number of aromatic nitrogens is 2. The van der Waals surface area contributed by atoms with Gasteiger partial charge in [-0.05, 0) is 30.3 Å². The molecule has 0 aliphatic rings. The Bertz CT molecular complexity index is 924. The monoisotopic (exact) mass is 388 g/mol. The van der Waals surface area contributed by atoms with Crippen LogP contribution in [0.1, 0.15) is 5.56 Å². The second-order valence-electron chi connectivity index (χ2n) is 5.77. The lowest BCUT2D eigenvalue weighted by Gasteiger charge is -2.18. The van der Waals surface area contributed by atoms with Gasteiger partial charge in [-0.15, -0.1) is 0 Å². The highest BCUT2D eigenvalue weighted by Gasteiger charge is 2.12. The maximum atomic E-state index is 11.9. The van der Waals surface area contributed by atoms with Crippen LogP contribution in [0, 0.1) is 0 Å². The third kappa shape index (κ3) is 3.49. The molecule has 1 N–H and O–H groups in total. The van der Waals surface area contributed by atoms with Crippen molar-refractivity contribution in [2.24, 2.45) is 0 Å². The number of nitrogens with one attached hydrogen (secondary N) is 1. The van der Waals surface area contributed by atoms with E-state index < -0.39 is 0 Å². The van der Waals surface area contributed by atoms with Gasteiger partial charge in [-0.2, -0.15) is 5.10 Å². The number of nitrogens with zero attached hydrogens (tertiary/aromatic N) is 2. The van der Waals surface area contributed by atoms with E-state index in [1.807, 2.05) is 41.1 Å². The van der Waals surface area contributed by atoms with Crippen LogP contribution in [0.2, 0.25) is 0 Å². The van der Waals surface area contributed by atoms with Gasteiger partial charge in [-0.1, -0.05) is 28.1 Å². The molecule has 1 heterocycles. The van der Waals surface area contributed by atoms with Crippen molar-refractivity contribution in [1.82, 2.24) is 9.78 Å². The number of rotatable bonds is 5. The van der Waals surface area contributed by atoms with Crippen molar-refractivity contribution in [3.05, 3.63) is 68.9 Å². The summed E-state index contributed by atoms with van der Waals surface area (Å²) in [6, 6.07) is 13.6. The van der Waals surface area contributed by atoms with Crippen molar-refractivity contribution >= 4 is 26.8 Å². The van der Waals surface area contributed by atoms with Gasteiger partial charge in [0.15, 0.2) is 6.67 Å². The van der Waals surface area contributed by atoms with Crippen LogP contribution in [-0.4, -0.2) is 23.9 Å². The van der Waals surface area contributed by atoms with Crippen LogP contribution in [0.25, 0.3) is 10.9 Å². The Balaban J connectivity index is 1.86. The van der Waals surface area contributed by atoms with Crippen LogP contribution >= 0.6 is 15.9 Å². The molecule has 0 aliphatic heterocycles. The first-order valence-corrected chi connectivity index (χ1v) is 8.46. The molecule has 0 saturated carbocycles. The summed E-state index contributed by atoms with van der Waals surface area (Å²) in [5.41, 5.74) is 1.92. The largest absolute Gasteiger partial charge is 0.496 e. The molecule has 24 heavy (non-hydrogen) atoms. The maximum absolute atomic E-state index is 11.9. The maximum Gasteiger partial charge on any atom is 0.207 e. The Labute approximate surface area is 148 Å². The molecule has 2 aromatic carbocycles. The average Bonchev–Trinajstić information content (AvgIpc) is 2.58. The quantitative estimate of drug-likeness (QED) is 0.725. The smallest absolute Gasteiger partial charge is 0.207 e. The highest BCUT2D eigenvalue weighted by atomic mass is 79.9. The minimum atomic E-state index is -0.0480. The first-order chi connectivity index (χ1) is 11.6. The first kappa shape index (κ1) is 16.7. The Kier molecular flexibility index (Phi) is 4.97. The minimum absolute atomic E-state index is 0.0480. The van der Waals surface area contributed by atoms with Gasteiger partial charge in [0.05, 0.1) is 25.9 Å². The third-order valence-corrected chi connectivity index (χ3v) is 4.41. The molecule has 1 unspecified atom stereocenters. The van der Waals surface area contributed by atoms with Gasteiger partial charge in [0.2, 0.25) is 5.43 Å². The normalized spacial score (nSPS) is 12.3. The Morgan fingerprint density at radius 2 is 2.04 bits per heavy atom. The molecule has 5 nitrogen and oxygen atoms in total. The van der Waals surface area contributed by atoms with Crippen LogP contribution in [0.5, 0.6) is 5.75 Å². The van der Waals surface area contributed by atoms with Crippen molar-refractivity contribution in [2.45, 2.75) is 13.2 Å². The number of benzene rings is 2. The fraction of sp³-hybridized carbons (Fsp3) is 0.222. The number of halogens is 1. The zero-order valence-corrected chi connectivity index (χ0v) is 15.2. The van der Waals surface area contributed by atoms with Crippen LogP contribution in [0.4, 0.5) is 0 Å². The molecule has 6 heteroatoms. The van der Waals surface area contributed by atoms with E-state index >= 15 is 0 Å². The highest BCUT2D eigenvalue weighted by Crippen LogP contribution is 2.22. The average molecular weight is 389 g/mol. The molecule has 0 fully saturated rings. The zero-order valence-electron chi connectivity index (χ0n) is 13.6. The lowest BCUT2D eigenvalue weighted by Crippen LogP contribution is -3.07. The van der Waals surface area contributed by atoms with Gasteiger partial charge in [-0.25, -0.2) is 4.68 Å². The van der Waals surface area contributed by atoms with Crippen LogP contribution in [0.15, 0.2) is 57.9 Å². The molecule has 0 spiro atoms. The predicted octanol–water partition coefficient (Wildman–Crippen LogP) is 1.84. The van der Waals surface area contributed by atoms with E-state index in [0.29, 0.717) is 12.1 Å². The van der Waals surface area contributed by atoms with E-state index in [1.165, 1.54) is 11.1 Å². The summed E-state index contributed by atoms with van der Waals surface area (Å²) in [6.07, 6.45) is 1.38. The van der Waals surface area contributed by atoms with E-state index in [-0.39, 0.29) is 5.43 Å². The standard InChI is InChI=1S/C18H18BrN3O2/c1-21(11-13-9-14(19)7-8-18(13)24-2)12-22-16-6-4-3-5-15(16)17(23)10-20-22/h3-10H,11-12H2,1-2H3/p+1. The van der Waals surface area contributed by atoms with Crippen molar-refractivity contribution in [3.8, 4) is 5.75 Å². The minimum Gasteiger partial charge on any atom is -0.496 e. The van der Waals surface area contributed by atoms with Gasteiger partial charge >= 0.3 is 0 Å². The molecule has 0 amide bonds. The molecule has 124 valence electrons. The van der Waals surface area contributed by atoms with Gasteiger partial charge in [0, 0.05) is 15.4 Å². The number of hydrogen-bond donors (Lipinski definition) is 1. The Morgan fingerprint density at radius 3 is 2.83 bits per heavy atom. The molecule has 0 radical (unpaired) electrons. The molecule has 0 aliphatic carbocycles. The second kappa shape index (κ2) is 7.15. The molecular formula is C18H19BrN3O2+. The summed E-state index contributed by atoms with van der Waals surface area (Å²) in [7, 11) is 3.77. The molecular weight excluding hydrogens is 370 g/mol. The summed E-state index contributed by atoms with van der Waals surface area (Å²) >= 11 is 3.51. The summed E-state index contributed by atoms with van der Waals surface area (Å²) in [4.78, 5) is 13.2. The van der Waals surface area contributed by atoms with Crippen molar-refractivity contribution in [3.63, 3.8) is 0 Å². The predicted molar refractivity (Wildman–Crippen MR) is 97.3 cm³/mol. The first-order valence-electron chi connectivity index (χ1n) is 7.67. The number of quaternary nitrogens is 1. The zero-order chi connectivity index (χ0) is 17.1. The van der Waals surface area contributed by atoms with E-state index in [1.54, 1.807) is 7.11 Å². The third-order valence-electron chi connectivity index (χ3n) is 3.92. The summed E-state index contributed by atoms with van der Waals surface area (Å²) in [5, 5.41) is 4.99. The van der Waals surface area contributed by atoms with Gasteiger partial charge in [-0.3, -0.25) is 4.79 Å². The van der Waals surface area contributed by atoms with Crippen LogP contribution in [-0.2, 0) is 13.2 Å². The molecule has 0 bridgehead atoms. The topological polar surface area (TPSA) is 48.6 Å². The number of para-hydroxylation sites is 1.